The van der Waals surface area contributed by atoms with Gasteiger partial charge in [-0.05, 0) is 6.92 Å². The number of aliphatic hydroxyl groups excluding tert-OH is 5. The standard InChI is InChI=1S/C17H26O11/c1-17(24)3-7(19)9-6(14(23)25-2)5-26-15(10(9)17)28-16-13(22)12(21)11(20)8(4-18)27-16/h5,7-13,15-16,18-22,24H,3-4H2,1-2H3/t7-,8-,9-,10-,11-,12+,13-,15+,16+,17+/m1/s1. The Bertz CT molecular complexity index is 618. The van der Waals surface area contributed by atoms with Crippen molar-refractivity contribution in [3.05, 3.63) is 11.8 Å². The topological polar surface area (TPSA) is 175 Å². The van der Waals surface area contributed by atoms with Gasteiger partial charge in [0.05, 0.1) is 43.2 Å². The van der Waals surface area contributed by atoms with Crippen LogP contribution in [0.15, 0.2) is 11.8 Å². The second-order valence-electron chi connectivity index (χ2n) is 7.58. The number of hydrogen-bond donors (Lipinski definition) is 6. The third kappa shape index (κ3) is 3.53. The van der Waals surface area contributed by atoms with Crippen molar-refractivity contribution >= 4 is 5.97 Å². The fraction of sp³-hybridized carbons (Fsp3) is 0.824. The molecule has 0 aromatic carbocycles. The van der Waals surface area contributed by atoms with Gasteiger partial charge >= 0.3 is 5.97 Å². The Morgan fingerprint density at radius 1 is 1.21 bits per heavy atom. The molecule has 11 heteroatoms. The molecule has 28 heavy (non-hydrogen) atoms. The highest BCUT2D eigenvalue weighted by Crippen LogP contribution is 2.49. The Kier molecular flexibility index (Phi) is 5.99. The van der Waals surface area contributed by atoms with Crippen LogP contribution in [-0.4, -0.2) is 99.0 Å². The van der Waals surface area contributed by atoms with Crippen LogP contribution in [0.5, 0.6) is 0 Å². The highest BCUT2D eigenvalue weighted by atomic mass is 16.8. The number of carbonyl (C=O) groups excluding carboxylic acids is 1. The van der Waals surface area contributed by atoms with Crippen LogP contribution in [0.2, 0.25) is 0 Å². The normalized spacial score (nSPS) is 48.4. The molecule has 0 bridgehead atoms. The van der Waals surface area contributed by atoms with Crippen molar-refractivity contribution in [3.63, 3.8) is 0 Å². The van der Waals surface area contributed by atoms with Gasteiger partial charge in [0.25, 0.3) is 0 Å². The number of ether oxygens (including phenoxy) is 4. The highest BCUT2D eigenvalue weighted by molar-refractivity contribution is 5.89. The monoisotopic (exact) mass is 406 g/mol. The number of aliphatic hydroxyl groups is 6. The zero-order chi connectivity index (χ0) is 20.8. The molecule has 0 aromatic heterocycles. The van der Waals surface area contributed by atoms with Gasteiger partial charge in [-0.25, -0.2) is 4.79 Å². The number of carbonyl (C=O) groups is 1. The molecule has 3 rings (SSSR count). The van der Waals surface area contributed by atoms with Crippen LogP contribution in [0.4, 0.5) is 0 Å². The van der Waals surface area contributed by atoms with Crippen LogP contribution in [-0.2, 0) is 23.7 Å². The van der Waals surface area contributed by atoms with E-state index in [0.29, 0.717) is 0 Å². The maximum absolute atomic E-state index is 12.0. The van der Waals surface area contributed by atoms with Gasteiger partial charge in [0.1, 0.15) is 24.4 Å². The molecule has 160 valence electrons. The van der Waals surface area contributed by atoms with Gasteiger partial charge in [-0.3, -0.25) is 0 Å². The smallest absolute Gasteiger partial charge is 0.337 e. The van der Waals surface area contributed by atoms with Crippen molar-refractivity contribution < 1.29 is 54.4 Å². The van der Waals surface area contributed by atoms with Crippen LogP contribution in [0.25, 0.3) is 0 Å². The minimum absolute atomic E-state index is 0.0337. The predicted molar refractivity (Wildman–Crippen MR) is 88.1 cm³/mol. The first kappa shape index (κ1) is 21.4. The summed E-state index contributed by atoms with van der Waals surface area (Å²) in [6.45, 7) is 0.819. The molecule has 0 unspecified atom stereocenters. The lowest BCUT2D eigenvalue weighted by Gasteiger charge is -2.44. The van der Waals surface area contributed by atoms with Crippen molar-refractivity contribution in [1.29, 1.82) is 0 Å². The minimum Gasteiger partial charge on any atom is -0.471 e. The first-order chi connectivity index (χ1) is 13.1. The number of fused-ring (bicyclic) bond motifs is 1. The second-order valence-corrected chi connectivity index (χ2v) is 7.58. The summed E-state index contributed by atoms with van der Waals surface area (Å²) in [7, 11) is 1.17. The van der Waals surface area contributed by atoms with Gasteiger partial charge in [-0.15, -0.1) is 0 Å². The van der Waals surface area contributed by atoms with Crippen molar-refractivity contribution in [3.8, 4) is 0 Å². The maximum Gasteiger partial charge on any atom is 0.337 e. The van der Waals surface area contributed by atoms with E-state index in [4.69, 9.17) is 18.9 Å². The Hall–Kier alpha value is -1.31. The molecule has 0 radical (unpaired) electrons. The van der Waals surface area contributed by atoms with Crippen LogP contribution < -0.4 is 0 Å². The average molecular weight is 406 g/mol. The summed E-state index contributed by atoms with van der Waals surface area (Å²) in [6, 6.07) is 0. The largest absolute Gasteiger partial charge is 0.471 e. The first-order valence-electron chi connectivity index (χ1n) is 8.92. The quantitative estimate of drug-likeness (QED) is 0.262. The van der Waals surface area contributed by atoms with E-state index in [0.717, 1.165) is 6.26 Å². The molecule has 3 aliphatic rings. The zero-order valence-corrected chi connectivity index (χ0v) is 15.4. The van der Waals surface area contributed by atoms with Crippen molar-refractivity contribution in [1.82, 2.24) is 0 Å². The molecular weight excluding hydrogens is 380 g/mol. The molecular formula is C17H26O11. The average Bonchev–Trinajstić information content (AvgIpc) is 2.91. The lowest BCUT2D eigenvalue weighted by Crippen LogP contribution is -2.60. The molecule has 2 heterocycles. The van der Waals surface area contributed by atoms with Gasteiger partial charge in [0.15, 0.2) is 6.29 Å². The van der Waals surface area contributed by atoms with Crippen molar-refractivity contribution in [2.24, 2.45) is 11.8 Å². The molecule has 2 aliphatic heterocycles. The predicted octanol–water partition coefficient (Wildman–Crippen LogP) is -3.04. The van der Waals surface area contributed by atoms with Crippen molar-refractivity contribution in [2.45, 2.75) is 62.0 Å². The SMILES string of the molecule is COC(=O)C1=CO[C@@H](O[C@@H]2O[C@H](CO)[C@@H](O)[C@H](O)[C@H]2O)[C@H]2[C@H]1[C@H](O)C[C@]2(C)O. The Balaban J connectivity index is 1.86. The Morgan fingerprint density at radius 2 is 1.89 bits per heavy atom. The van der Waals surface area contributed by atoms with Crippen molar-refractivity contribution in [2.75, 3.05) is 13.7 Å². The summed E-state index contributed by atoms with van der Waals surface area (Å²) in [6.07, 6.45) is -8.88. The molecule has 6 N–H and O–H groups in total. The molecule has 2 fully saturated rings. The lowest BCUT2D eigenvalue weighted by molar-refractivity contribution is -0.346. The van der Waals surface area contributed by atoms with E-state index in [9.17, 15) is 35.4 Å². The maximum atomic E-state index is 12.0. The van der Waals surface area contributed by atoms with Gasteiger partial charge in [-0.1, -0.05) is 0 Å². The number of esters is 1. The first-order valence-corrected chi connectivity index (χ1v) is 8.92. The number of rotatable bonds is 4. The third-order valence-corrected chi connectivity index (χ3v) is 5.66. The van der Waals surface area contributed by atoms with Crippen LogP contribution in [0.3, 0.4) is 0 Å². The van der Waals surface area contributed by atoms with Gasteiger partial charge < -0.3 is 49.6 Å². The van der Waals surface area contributed by atoms with Gasteiger partial charge in [0, 0.05) is 12.3 Å². The van der Waals surface area contributed by atoms with Crippen LogP contribution >= 0.6 is 0 Å². The fourth-order valence-electron chi connectivity index (χ4n) is 4.21. The van der Waals surface area contributed by atoms with E-state index >= 15 is 0 Å². The minimum atomic E-state index is -1.66. The second kappa shape index (κ2) is 7.84. The summed E-state index contributed by atoms with van der Waals surface area (Å²) >= 11 is 0. The molecule has 1 saturated heterocycles. The molecule has 1 saturated carbocycles. The van der Waals surface area contributed by atoms with E-state index in [-0.39, 0.29) is 12.0 Å². The van der Waals surface area contributed by atoms with Gasteiger partial charge in [0.2, 0.25) is 6.29 Å². The van der Waals surface area contributed by atoms with E-state index in [1.54, 1.807) is 0 Å². The summed E-state index contributed by atoms with van der Waals surface area (Å²) in [4.78, 5) is 12.0. The summed E-state index contributed by atoms with van der Waals surface area (Å²) in [5.74, 6) is -2.50. The fourth-order valence-corrected chi connectivity index (χ4v) is 4.21. The summed E-state index contributed by atoms with van der Waals surface area (Å²) in [5, 5.41) is 60.4. The van der Waals surface area contributed by atoms with E-state index in [1.165, 1.54) is 14.0 Å². The molecule has 0 aromatic rings. The van der Waals surface area contributed by atoms with Crippen LogP contribution in [0, 0.1) is 11.8 Å². The van der Waals surface area contributed by atoms with E-state index in [1.807, 2.05) is 0 Å². The molecule has 11 nitrogen and oxygen atoms in total. The van der Waals surface area contributed by atoms with Crippen LogP contribution in [0.1, 0.15) is 13.3 Å². The number of methoxy groups -OCH3 is 1. The van der Waals surface area contributed by atoms with E-state index in [2.05, 4.69) is 0 Å². The molecule has 0 spiro atoms. The summed E-state index contributed by atoms with van der Waals surface area (Å²) < 4.78 is 21.1. The molecule has 1 aliphatic carbocycles. The highest BCUT2D eigenvalue weighted by Gasteiger charge is 2.59. The molecule has 10 atom stereocenters. The Labute approximate surface area is 160 Å². The third-order valence-electron chi connectivity index (χ3n) is 5.66. The van der Waals surface area contributed by atoms with E-state index < -0.39 is 73.1 Å². The number of hydrogen-bond acceptors (Lipinski definition) is 11. The summed E-state index contributed by atoms with van der Waals surface area (Å²) in [5.41, 5.74) is -1.46. The Morgan fingerprint density at radius 3 is 2.50 bits per heavy atom. The zero-order valence-electron chi connectivity index (χ0n) is 15.4. The lowest BCUT2D eigenvalue weighted by atomic mass is 9.80. The van der Waals surface area contributed by atoms with Gasteiger partial charge in [-0.2, -0.15) is 0 Å². The molecule has 0 amide bonds.